The van der Waals surface area contributed by atoms with E-state index in [1.54, 1.807) is 25.1 Å². The fraction of sp³-hybridized carbons (Fsp3) is 0.130. The standard InChI is InChI=1S/C23H23N3O2/c1-26(2)22(27)16-17-12-14-19(15-13-17)25-23(28)20-10-6-7-11-21(20)24-18-8-4-3-5-9-18/h3-15,24H,16H2,1-2H3,(H,25,28). The Labute approximate surface area is 165 Å². The van der Waals surface area contributed by atoms with Crippen LogP contribution < -0.4 is 10.6 Å². The maximum atomic E-state index is 12.8. The molecule has 0 saturated carbocycles. The van der Waals surface area contributed by atoms with Crippen molar-refractivity contribution in [2.24, 2.45) is 0 Å². The van der Waals surface area contributed by atoms with Gasteiger partial charge < -0.3 is 15.5 Å². The first-order valence-corrected chi connectivity index (χ1v) is 9.04. The summed E-state index contributed by atoms with van der Waals surface area (Å²) in [4.78, 5) is 26.1. The number of nitrogens with one attached hydrogen (secondary N) is 2. The molecule has 0 fully saturated rings. The third-order valence-corrected chi connectivity index (χ3v) is 4.29. The van der Waals surface area contributed by atoms with Crippen molar-refractivity contribution in [3.05, 3.63) is 90.0 Å². The van der Waals surface area contributed by atoms with Crippen LogP contribution >= 0.6 is 0 Å². The zero-order valence-corrected chi connectivity index (χ0v) is 16.0. The van der Waals surface area contributed by atoms with Gasteiger partial charge in [-0.15, -0.1) is 0 Å². The molecule has 0 saturated heterocycles. The number of benzene rings is 3. The molecule has 0 bridgehead atoms. The van der Waals surface area contributed by atoms with Gasteiger partial charge in [-0.1, -0.05) is 42.5 Å². The van der Waals surface area contributed by atoms with Crippen LogP contribution in [0.2, 0.25) is 0 Å². The number of nitrogens with zero attached hydrogens (tertiary/aromatic N) is 1. The molecule has 3 rings (SSSR count). The zero-order valence-electron chi connectivity index (χ0n) is 16.0. The van der Waals surface area contributed by atoms with Gasteiger partial charge in [-0.25, -0.2) is 0 Å². The Morgan fingerprint density at radius 3 is 2.11 bits per heavy atom. The number of hydrogen-bond acceptors (Lipinski definition) is 3. The Balaban J connectivity index is 1.70. The fourth-order valence-electron chi connectivity index (χ4n) is 2.70. The second-order valence-corrected chi connectivity index (χ2v) is 6.65. The molecule has 5 nitrogen and oxygen atoms in total. The van der Waals surface area contributed by atoms with E-state index in [4.69, 9.17) is 0 Å². The first kappa shape index (κ1) is 19.2. The van der Waals surface area contributed by atoms with Crippen LogP contribution in [0.1, 0.15) is 15.9 Å². The molecule has 0 heterocycles. The van der Waals surface area contributed by atoms with Crippen molar-refractivity contribution >= 4 is 28.9 Å². The van der Waals surface area contributed by atoms with Crippen molar-refractivity contribution in [2.45, 2.75) is 6.42 Å². The molecule has 5 heteroatoms. The van der Waals surface area contributed by atoms with E-state index in [2.05, 4.69) is 10.6 Å². The molecule has 0 radical (unpaired) electrons. The average molecular weight is 373 g/mol. The number of carbonyl (C=O) groups is 2. The summed E-state index contributed by atoms with van der Waals surface area (Å²) in [7, 11) is 3.47. The summed E-state index contributed by atoms with van der Waals surface area (Å²) in [6.07, 6.45) is 0.338. The summed E-state index contributed by atoms with van der Waals surface area (Å²) in [6.45, 7) is 0. The second kappa shape index (κ2) is 8.86. The van der Waals surface area contributed by atoms with Crippen molar-refractivity contribution in [1.29, 1.82) is 0 Å². The predicted molar refractivity (Wildman–Crippen MR) is 113 cm³/mol. The lowest BCUT2D eigenvalue weighted by Gasteiger charge is -2.13. The molecule has 2 amide bonds. The van der Waals surface area contributed by atoms with Gasteiger partial charge in [-0.3, -0.25) is 9.59 Å². The third-order valence-electron chi connectivity index (χ3n) is 4.29. The monoisotopic (exact) mass is 373 g/mol. The van der Waals surface area contributed by atoms with Gasteiger partial charge >= 0.3 is 0 Å². The lowest BCUT2D eigenvalue weighted by Crippen LogP contribution is -2.23. The Kier molecular flexibility index (Phi) is 6.07. The van der Waals surface area contributed by atoms with Crippen molar-refractivity contribution in [3.8, 4) is 0 Å². The molecule has 0 aliphatic carbocycles. The van der Waals surface area contributed by atoms with Crippen molar-refractivity contribution in [3.63, 3.8) is 0 Å². The van der Waals surface area contributed by atoms with Crippen LogP contribution in [0.5, 0.6) is 0 Å². The number of likely N-dealkylation sites (N-methyl/N-ethyl adjacent to an activating group) is 1. The van der Waals surface area contributed by atoms with E-state index in [1.807, 2.05) is 72.8 Å². The number of carbonyl (C=O) groups excluding carboxylic acids is 2. The van der Waals surface area contributed by atoms with Crippen LogP contribution in [0.4, 0.5) is 17.1 Å². The number of rotatable bonds is 6. The minimum Gasteiger partial charge on any atom is -0.355 e. The zero-order chi connectivity index (χ0) is 19.9. The van der Waals surface area contributed by atoms with E-state index in [1.165, 1.54) is 0 Å². The van der Waals surface area contributed by atoms with E-state index in [0.717, 1.165) is 16.9 Å². The maximum Gasteiger partial charge on any atom is 0.257 e. The van der Waals surface area contributed by atoms with E-state index in [-0.39, 0.29) is 11.8 Å². The number of amides is 2. The second-order valence-electron chi connectivity index (χ2n) is 6.65. The van der Waals surface area contributed by atoms with Crippen LogP contribution in [0.3, 0.4) is 0 Å². The van der Waals surface area contributed by atoms with Gasteiger partial charge in [0.15, 0.2) is 0 Å². The van der Waals surface area contributed by atoms with Gasteiger partial charge in [0.2, 0.25) is 5.91 Å². The summed E-state index contributed by atoms with van der Waals surface area (Å²) in [5.41, 5.74) is 3.79. The molecule has 3 aromatic rings. The van der Waals surface area contributed by atoms with Crippen molar-refractivity contribution in [2.75, 3.05) is 24.7 Å². The SMILES string of the molecule is CN(C)C(=O)Cc1ccc(NC(=O)c2ccccc2Nc2ccccc2)cc1. The van der Waals surface area contributed by atoms with E-state index in [0.29, 0.717) is 17.7 Å². The van der Waals surface area contributed by atoms with Gasteiger partial charge in [0, 0.05) is 25.5 Å². The van der Waals surface area contributed by atoms with E-state index < -0.39 is 0 Å². The van der Waals surface area contributed by atoms with Crippen LogP contribution in [-0.4, -0.2) is 30.8 Å². The molecule has 0 unspecified atom stereocenters. The summed E-state index contributed by atoms with van der Waals surface area (Å²) in [6, 6.07) is 24.4. The van der Waals surface area contributed by atoms with Crippen molar-refractivity contribution < 1.29 is 9.59 Å². The summed E-state index contributed by atoms with van der Waals surface area (Å²) >= 11 is 0. The third kappa shape index (κ3) is 4.98. The molecule has 2 N–H and O–H groups in total. The molecule has 0 aromatic heterocycles. The summed E-state index contributed by atoms with van der Waals surface area (Å²) in [5.74, 6) is -0.158. The van der Waals surface area contributed by atoms with E-state index >= 15 is 0 Å². The highest BCUT2D eigenvalue weighted by molar-refractivity contribution is 6.08. The molecule has 3 aromatic carbocycles. The van der Waals surface area contributed by atoms with Crippen LogP contribution in [0.15, 0.2) is 78.9 Å². The lowest BCUT2D eigenvalue weighted by atomic mass is 10.1. The van der Waals surface area contributed by atoms with Gasteiger partial charge in [-0.2, -0.15) is 0 Å². The number of hydrogen-bond donors (Lipinski definition) is 2. The highest BCUT2D eigenvalue weighted by Gasteiger charge is 2.12. The van der Waals surface area contributed by atoms with Crippen molar-refractivity contribution in [1.82, 2.24) is 4.90 Å². The van der Waals surface area contributed by atoms with Crippen LogP contribution in [-0.2, 0) is 11.2 Å². The minimum atomic E-state index is -0.198. The van der Waals surface area contributed by atoms with Gasteiger partial charge in [-0.05, 0) is 42.0 Å². The Hall–Kier alpha value is -3.60. The smallest absolute Gasteiger partial charge is 0.257 e. The number of para-hydroxylation sites is 2. The van der Waals surface area contributed by atoms with Gasteiger partial charge in [0.05, 0.1) is 17.7 Å². The van der Waals surface area contributed by atoms with E-state index in [9.17, 15) is 9.59 Å². The maximum absolute atomic E-state index is 12.8. The molecule has 0 aliphatic heterocycles. The molecule has 0 atom stereocenters. The first-order chi connectivity index (χ1) is 13.5. The molecule has 142 valence electrons. The Morgan fingerprint density at radius 1 is 0.786 bits per heavy atom. The molecule has 28 heavy (non-hydrogen) atoms. The quantitative estimate of drug-likeness (QED) is 0.677. The largest absolute Gasteiger partial charge is 0.355 e. The van der Waals surface area contributed by atoms with Crippen LogP contribution in [0, 0.1) is 0 Å². The highest BCUT2D eigenvalue weighted by Crippen LogP contribution is 2.22. The lowest BCUT2D eigenvalue weighted by molar-refractivity contribution is -0.127. The normalized spacial score (nSPS) is 10.2. The fourth-order valence-corrected chi connectivity index (χ4v) is 2.70. The van der Waals surface area contributed by atoms with Gasteiger partial charge in [0.1, 0.15) is 0 Å². The molecular weight excluding hydrogens is 350 g/mol. The average Bonchev–Trinajstić information content (AvgIpc) is 2.70. The summed E-state index contributed by atoms with van der Waals surface area (Å²) in [5, 5.41) is 6.19. The number of anilines is 3. The van der Waals surface area contributed by atoms with Gasteiger partial charge in [0.25, 0.3) is 5.91 Å². The molecule has 0 aliphatic rings. The predicted octanol–water partition coefficient (Wildman–Crippen LogP) is 4.31. The minimum absolute atomic E-state index is 0.0395. The molecule has 0 spiro atoms. The first-order valence-electron chi connectivity index (χ1n) is 9.04. The van der Waals surface area contributed by atoms with Crippen LogP contribution in [0.25, 0.3) is 0 Å². The Bertz CT molecular complexity index is 951. The topological polar surface area (TPSA) is 61.4 Å². The summed E-state index contributed by atoms with van der Waals surface area (Å²) < 4.78 is 0. The highest BCUT2D eigenvalue weighted by atomic mass is 16.2. The Morgan fingerprint density at radius 2 is 1.43 bits per heavy atom. The molecular formula is C23H23N3O2.